The third kappa shape index (κ3) is 7.41. The largest absolute Gasteiger partial charge is 0.497 e. The van der Waals surface area contributed by atoms with E-state index >= 15 is 0 Å². The molecule has 2 heterocycles. The van der Waals surface area contributed by atoms with Crippen LogP contribution in [0.15, 0.2) is 77.2 Å². The van der Waals surface area contributed by atoms with Crippen molar-refractivity contribution < 1.29 is 28.0 Å². The molecule has 9 nitrogen and oxygen atoms in total. The Balaban J connectivity index is 1.29. The van der Waals surface area contributed by atoms with Crippen molar-refractivity contribution in [1.29, 1.82) is 0 Å². The molecule has 2 aliphatic heterocycles. The van der Waals surface area contributed by atoms with Gasteiger partial charge in [0.1, 0.15) is 21.4 Å². The van der Waals surface area contributed by atoms with Gasteiger partial charge >= 0.3 is 0 Å². The number of benzene rings is 3. The van der Waals surface area contributed by atoms with Crippen molar-refractivity contribution in [2.45, 2.75) is 57.0 Å². The van der Waals surface area contributed by atoms with Crippen LogP contribution in [0.4, 0.5) is 5.69 Å². The monoisotopic (exact) mass is 731 g/mol. The number of hydrogen-bond acceptors (Lipinski definition) is 7. The average molecular weight is 732 g/mol. The minimum absolute atomic E-state index is 0.000793. The SMILES string of the molecule is COc1ccc(C(=O)N[S@@]2(=O)=NC(=O)c3ccc4c(c3)N(C[C@@H]3CC[C@H]3[C@@H](OC)/C=C/C[C@H](C)C2)C[C@@]2(CCCc3cc(Cl)ccc32)CO4)cc1. The minimum atomic E-state index is -3.53. The first-order valence-electron chi connectivity index (χ1n) is 17.8. The summed E-state index contributed by atoms with van der Waals surface area (Å²) < 4.78 is 39.4. The van der Waals surface area contributed by atoms with Crippen LogP contribution in [-0.2, 0) is 26.5 Å². The third-order valence-electron chi connectivity index (χ3n) is 11.1. The molecule has 0 saturated heterocycles. The highest BCUT2D eigenvalue weighted by molar-refractivity contribution is 7.92. The molecule has 7 rings (SSSR count). The first-order chi connectivity index (χ1) is 24.6. The van der Waals surface area contributed by atoms with Crippen molar-refractivity contribution in [2.75, 3.05) is 44.6 Å². The molecule has 2 aliphatic carbocycles. The molecular formula is C40H46ClN3O6S. The van der Waals surface area contributed by atoms with Crippen molar-refractivity contribution in [3.05, 3.63) is 100 Å². The summed E-state index contributed by atoms with van der Waals surface area (Å²) in [4.78, 5) is 29.8. The second kappa shape index (κ2) is 14.6. The van der Waals surface area contributed by atoms with E-state index in [1.54, 1.807) is 44.6 Å². The quantitative estimate of drug-likeness (QED) is 0.279. The van der Waals surface area contributed by atoms with Crippen LogP contribution < -0.4 is 19.1 Å². The number of carbonyl (C=O) groups is 2. The summed E-state index contributed by atoms with van der Waals surface area (Å²) in [6.07, 6.45) is 9.86. The number of aryl methyl sites for hydroxylation is 1. The number of carbonyl (C=O) groups excluding carboxylic acids is 2. The number of allylic oxidation sites excluding steroid dienone is 1. The van der Waals surface area contributed by atoms with Crippen LogP contribution in [-0.4, -0.2) is 61.8 Å². The molecule has 1 saturated carbocycles. The van der Waals surface area contributed by atoms with Crippen LogP contribution in [0.25, 0.3) is 0 Å². The molecule has 0 unspecified atom stereocenters. The molecule has 1 fully saturated rings. The molecule has 4 aliphatic rings. The molecule has 1 N–H and O–H groups in total. The van der Waals surface area contributed by atoms with Crippen molar-refractivity contribution in [1.82, 2.24) is 4.72 Å². The van der Waals surface area contributed by atoms with Crippen LogP contribution in [0.5, 0.6) is 11.5 Å². The fourth-order valence-electron chi connectivity index (χ4n) is 8.31. The molecule has 1 spiro atoms. The number of anilines is 1. The van der Waals surface area contributed by atoms with Crippen LogP contribution in [0, 0.1) is 17.8 Å². The normalized spacial score (nSPS) is 29.6. The summed E-state index contributed by atoms with van der Waals surface area (Å²) in [5.74, 6) is 0.642. The van der Waals surface area contributed by atoms with E-state index in [0.717, 1.165) is 49.4 Å². The lowest BCUT2D eigenvalue weighted by molar-refractivity contribution is 0.0131. The Morgan fingerprint density at radius 1 is 1.10 bits per heavy atom. The first-order valence-corrected chi connectivity index (χ1v) is 19.9. The third-order valence-corrected chi connectivity index (χ3v) is 13.3. The highest BCUT2D eigenvalue weighted by Gasteiger charge is 2.44. The Morgan fingerprint density at radius 3 is 2.67 bits per heavy atom. The standard InChI is InChI=1S/C40H46ClN3O6S/c1-26-6-4-8-36(49-3)33-16-11-30(33)22-44-24-40(19-5-7-28-20-31(41)13-17-34(28)40)25-50-37-18-12-29(21-35(37)44)39(46)43-51(47,23-26)42-38(45)27-9-14-32(48-2)15-10-27/h4,8-10,12-15,17-18,20-21,26,30,33,36H,5-7,11,16,19,22-25H2,1-3H3,(H,42,43,45,46,47)/b8-4+/t26-,30-,33+,36-,40-,51+/m0/s1. The molecule has 6 atom stereocenters. The number of methoxy groups -OCH3 is 2. The Hall–Kier alpha value is -3.86. The smallest absolute Gasteiger partial charge is 0.286 e. The Morgan fingerprint density at radius 2 is 1.92 bits per heavy atom. The topological polar surface area (TPSA) is 107 Å². The Kier molecular flexibility index (Phi) is 10.2. The predicted molar refractivity (Wildman–Crippen MR) is 200 cm³/mol. The Labute approximate surface area is 306 Å². The molecule has 11 heteroatoms. The molecule has 2 bridgehead atoms. The van der Waals surface area contributed by atoms with Gasteiger partial charge in [0.05, 0.1) is 31.3 Å². The van der Waals surface area contributed by atoms with Gasteiger partial charge in [-0.2, -0.15) is 0 Å². The van der Waals surface area contributed by atoms with E-state index in [9.17, 15) is 13.8 Å². The Bertz CT molecular complexity index is 1960. The molecule has 51 heavy (non-hydrogen) atoms. The van der Waals surface area contributed by atoms with E-state index < -0.39 is 21.7 Å². The number of ether oxygens (including phenoxy) is 3. The number of hydrogen-bond donors (Lipinski definition) is 1. The summed E-state index contributed by atoms with van der Waals surface area (Å²) in [7, 11) is -0.227. The second-order valence-corrected chi connectivity index (χ2v) is 17.1. The first kappa shape index (κ1) is 35.5. The van der Waals surface area contributed by atoms with Gasteiger partial charge in [-0.1, -0.05) is 36.7 Å². The van der Waals surface area contributed by atoms with Gasteiger partial charge in [0.25, 0.3) is 11.8 Å². The lowest BCUT2D eigenvalue weighted by Gasteiger charge is -2.46. The molecule has 3 aromatic rings. The summed E-state index contributed by atoms with van der Waals surface area (Å²) in [5.41, 5.74) is 3.67. The van der Waals surface area contributed by atoms with E-state index in [-0.39, 0.29) is 28.8 Å². The summed E-state index contributed by atoms with van der Waals surface area (Å²) in [6.45, 7) is 3.94. The van der Waals surface area contributed by atoms with Crippen LogP contribution in [0.3, 0.4) is 0 Å². The van der Waals surface area contributed by atoms with E-state index in [1.807, 2.05) is 25.1 Å². The molecule has 270 valence electrons. The van der Waals surface area contributed by atoms with Gasteiger partial charge in [0.15, 0.2) is 0 Å². The number of nitrogens with zero attached hydrogens (tertiary/aromatic N) is 2. The maximum absolute atomic E-state index is 14.5. The van der Waals surface area contributed by atoms with Crippen LogP contribution in [0.2, 0.25) is 5.02 Å². The van der Waals surface area contributed by atoms with Crippen molar-refractivity contribution >= 4 is 39.0 Å². The molecule has 3 aromatic carbocycles. The number of rotatable bonds is 4. The summed E-state index contributed by atoms with van der Waals surface area (Å²) in [5, 5.41) is 0.739. The highest BCUT2D eigenvalue weighted by atomic mass is 35.5. The van der Waals surface area contributed by atoms with Crippen LogP contribution >= 0.6 is 11.6 Å². The van der Waals surface area contributed by atoms with E-state index in [0.29, 0.717) is 48.5 Å². The van der Waals surface area contributed by atoms with Crippen LogP contribution in [0.1, 0.15) is 70.9 Å². The van der Waals surface area contributed by atoms with Gasteiger partial charge in [-0.25, -0.2) is 4.21 Å². The maximum Gasteiger partial charge on any atom is 0.286 e. The lowest BCUT2D eigenvalue weighted by Crippen LogP contribution is -2.49. The molecule has 2 amide bonds. The van der Waals surface area contributed by atoms with Gasteiger partial charge < -0.3 is 19.1 Å². The van der Waals surface area contributed by atoms with Gasteiger partial charge in [0.2, 0.25) is 0 Å². The second-order valence-electron chi connectivity index (χ2n) is 14.6. The molecule has 0 aromatic heterocycles. The summed E-state index contributed by atoms with van der Waals surface area (Å²) >= 11 is 6.46. The zero-order valence-electron chi connectivity index (χ0n) is 29.4. The van der Waals surface area contributed by atoms with E-state index in [2.05, 4.69) is 38.3 Å². The zero-order chi connectivity index (χ0) is 35.8. The van der Waals surface area contributed by atoms with E-state index in [4.69, 9.17) is 25.8 Å². The van der Waals surface area contributed by atoms with Gasteiger partial charge in [0, 0.05) is 41.8 Å². The number of amides is 2. The van der Waals surface area contributed by atoms with Crippen molar-refractivity contribution in [2.24, 2.45) is 22.1 Å². The fourth-order valence-corrected chi connectivity index (χ4v) is 10.4. The number of fused-ring (bicyclic) bond motifs is 4. The van der Waals surface area contributed by atoms with Crippen molar-refractivity contribution in [3.8, 4) is 11.5 Å². The number of nitrogens with one attached hydrogen (secondary N) is 1. The van der Waals surface area contributed by atoms with Gasteiger partial charge in [-0.3, -0.25) is 14.3 Å². The fraction of sp³-hybridized carbons (Fsp3) is 0.450. The van der Waals surface area contributed by atoms with Crippen molar-refractivity contribution in [3.63, 3.8) is 0 Å². The van der Waals surface area contributed by atoms with E-state index in [1.165, 1.54) is 11.1 Å². The lowest BCUT2D eigenvalue weighted by atomic mass is 9.68. The van der Waals surface area contributed by atoms with Gasteiger partial charge in [-0.05, 0) is 122 Å². The minimum Gasteiger partial charge on any atom is -0.497 e. The predicted octanol–water partition coefficient (Wildman–Crippen LogP) is 7.41. The highest BCUT2D eigenvalue weighted by Crippen LogP contribution is 2.47. The maximum atomic E-state index is 14.5. The molecule has 0 radical (unpaired) electrons. The zero-order valence-corrected chi connectivity index (χ0v) is 31.0. The number of halogens is 1. The summed E-state index contributed by atoms with van der Waals surface area (Å²) in [6, 6.07) is 18.1. The average Bonchev–Trinajstić information content (AvgIpc) is 3.25. The molecular weight excluding hydrogens is 686 g/mol. The van der Waals surface area contributed by atoms with Gasteiger partial charge in [-0.15, -0.1) is 4.36 Å².